The lowest BCUT2D eigenvalue weighted by atomic mass is 10.1. The van der Waals surface area contributed by atoms with Crippen molar-refractivity contribution < 1.29 is 18.0 Å². The third-order valence-corrected chi connectivity index (χ3v) is 6.01. The van der Waals surface area contributed by atoms with E-state index in [0.29, 0.717) is 10.7 Å². The minimum atomic E-state index is -3.74. The minimum Gasteiger partial charge on any atom is -0.350 e. The van der Waals surface area contributed by atoms with Gasteiger partial charge in [-0.1, -0.05) is 41.9 Å². The van der Waals surface area contributed by atoms with Crippen molar-refractivity contribution in [3.63, 3.8) is 0 Å². The molecule has 1 N–H and O–H groups in total. The molecule has 0 aromatic heterocycles. The zero-order valence-corrected chi connectivity index (χ0v) is 20.6. The molecule has 9 heteroatoms. The smallest absolute Gasteiger partial charge is 0.244 e. The molecule has 0 heterocycles. The zero-order chi connectivity index (χ0) is 24.1. The molecule has 0 saturated heterocycles. The Balaban J connectivity index is 2.38. The summed E-state index contributed by atoms with van der Waals surface area (Å²) in [4.78, 5) is 27.6. The molecular formula is C23H30ClN3O4S. The highest BCUT2D eigenvalue weighted by Gasteiger charge is 2.31. The Morgan fingerprint density at radius 1 is 1.06 bits per heavy atom. The molecule has 0 spiro atoms. The van der Waals surface area contributed by atoms with E-state index in [2.05, 4.69) is 5.32 Å². The van der Waals surface area contributed by atoms with Crippen LogP contribution in [0.3, 0.4) is 0 Å². The van der Waals surface area contributed by atoms with Gasteiger partial charge in [0.05, 0.1) is 11.9 Å². The first-order valence-electron chi connectivity index (χ1n) is 10.2. The van der Waals surface area contributed by atoms with Crippen LogP contribution >= 0.6 is 11.6 Å². The number of rotatable bonds is 8. The van der Waals surface area contributed by atoms with Gasteiger partial charge in [0.25, 0.3) is 0 Å². The maximum absolute atomic E-state index is 13.4. The number of halogens is 1. The van der Waals surface area contributed by atoms with Crippen LogP contribution in [0.15, 0.2) is 54.6 Å². The number of sulfonamides is 1. The van der Waals surface area contributed by atoms with E-state index in [4.69, 9.17) is 11.6 Å². The second kappa shape index (κ2) is 10.4. The number of benzene rings is 2. The fourth-order valence-corrected chi connectivity index (χ4v) is 4.16. The molecule has 0 saturated carbocycles. The van der Waals surface area contributed by atoms with Gasteiger partial charge >= 0.3 is 0 Å². The Labute approximate surface area is 195 Å². The molecule has 2 rings (SSSR count). The quantitative estimate of drug-likeness (QED) is 0.628. The first-order chi connectivity index (χ1) is 14.8. The van der Waals surface area contributed by atoms with E-state index in [-0.39, 0.29) is 12.5 Å². The van der Waals surface area contributed by atoms with Crippen molar-refractivity contribution in [2.24, 2.45) is 0 Å². The number of hydrogen-bond donors (Lipinski definition) is 1. The van der Waals surface area contributed by atoms with Gasteiger partial charge in [0.2, 0.25) is 21.8 Å². The predicted molar refractivity (Wildman–Crippen MR) is 128 cm³/mol. The number of carbonyl (C=O) groups is 2. The summed E-state index contributed by atoms with van der Waals surface area (Å²) in [5.74, 6) is -0.839. The van der Waals surface area contributed by atoms with Crippen LogP contribution in [0.2, 0.25) is 5.02 Å². The van der Waals surface area contributed by atoms with E-state index >= 15 is 0 Å². The van der Waals surface area contributed by atoms with Gasteiger partial charge in [0.15, 0.2) is 0 Å². The van der Waals surface area contributed by atoms with Crippen molar-refractivity contribution in [2.75, 3.05) is 17.1 Å². The largest absolute Gasteiger partial charge is 0.350 e. The molecule has 2 aromatic carbocycles. The third kappa shape index (κ3) is 7.53. The van der Waals surface area contributed by atoms with Crippen LogP contribution in [-0.4, -0.2) is 49.5 Å². The molecule has 0 aliphatic heterocycles. The van der Waals surface area contributed by atoms with Gasteiger partial charge in [-0.2, -0.15) is 0 Å². The van der Waals surface area contributed by atoms with Gasteiger partial charge in [-0.25, -0.2) is 8.42 Å². The van der Waals surface area contributed by atoms with Crippen LogP contribution in [-0.2, 0) is 26.2 Å². The van der Waals surface area contributed by atoms with E-state index in [1.165, 1.54) is 4.90 Å². The SMILES string of the molecule is C[C@H](C(=O)NC(C)(C)C)N(Cc1cccc(Cl)c1)C(=O)CN(c1ccccc1)S(C)(=O)=O. The summed E-state index contributed by atoms with van der Waals surface area (Å²) in [5, 5.41) is 3.38. The van der Waals surface area contributed by atoms with E-state index in [0.717, 1.165) is 16.1 Å². The zero-order valence-electron chi connectivity index (χ0n) is 19.0. The molecule has 32 heavy (non-hydrogen) atoms. The van der Waals surface area contributed by atoms with Gasteiger partial charge in [-0.15, -0.1) is 0 Å². The highest BCUT2D eigenvalue weighted by atomic mass is 35.5. The maximum atomic E-state index is 13.4. The Bertz CT molecular complexity index is 1050. The van der Waals surface area contributed by atoms with Gasteiger partial charge in [0, 0.05) is 17.1 Å². The van der Waals surface area contributed by atoms with Gasteiger partial charge in [0.1, 0.15) is 12.6 Å². The van der Waals surface area contributed by atoms with Crippen LogP contribution in [0.5, 0.6) is 0 Å². The molecule has 7 nitrogen and oxygen atoms in total. The van der Waals surface area contributed by atoms with Gasteiger partial charge in [-0.3, -0.25) is 13.9 Å². The lowest BCUT2D eigenvalue weighted by Gasteiger charge is -2.33. The molecule has 174 valence electrons. The minimum absolute atomic E-state index is 0.102. The van der Waals surface area contributed by atoms with Crippen LogP contribution in [0.25, 0.3) is 0 Å². The van der Waals surface area contributed by atoms with Crippen molar-refractivity contribution in [1.82, 2.24) is 10.2 Å². The van der Waals surface area contributed by atoms with Crippen LogP contribution in [0, 0.1) is 0 Å². The monoisotopic (exact) mass is 479 g/mol. The molecule has 0 radical (unpaired) electrons. The molecule has 0 unspecified atom stereocenters. The fourth-order valence-electron chi connectivity index (χ4n) is 3.10. The van der Waals surface area contributed by atoms with Crippen LogP contribution in [0.1, 0.15) is 33.3 Å². The lowest BCUT2D eigenvalue weighted by Crippen LogP contribution is -2.54. The highest BCUT2D eigenvalue weighted by molar-refractivity contribution is 7.92. The summed E-state index contributed by atoms with van der Waals surface area (Å²) in [6.07, 6.45) is 1.05. The van der Waals surface area contributed by atoms with Crippen molar-refractivity contribution >= 4 is 39.1 Å². The van der Waals surface area contributed by atoms with Crippen molar-refractivity contribution in [2.45, 2.75) is 45.8 Å². The maximum Gasteiger partial charge on any atom is 0.244 e. The van der Waals surface area contributed by atoms with Crippen molar-refractivity contribution in [3.05, 3.63) is 65.2 Å². The Kier molecular flexibility index (Phi) is 8.31. The number of para-hydroxylation sites is 1. The molecule has 0 aliphatic carbocycles. The predicted octanol–water partition coefficient (Wildman–Crippen LogP) is 3.44. The molecule has 0 bridgehead atoms. The van der Waals surface area contributed by atoms with E-state index < -0.39 is 34.1 Å². The fraction of sp³-hybridized carbons (Fsp3) is 0.391. The second-order valence-corrected chi connectivity index (χ2v) is 11.0. The van der Waals surface area contributed by atoms with Gasteiger partial charge < -0.3 is 10.2 Å². The van der Waals surface area contributed by atoms with Gasteiger partial charge in [-0.05, 0) is 57.5 Å². The second-order valence-electron chi connectivity index (χ2n) is 8.67. The molecule has 1 atom stereocenters. The topological polar surface area (TPSA) is 86.8 Å². The average Bonchev–Trinajstić information content (AvgIpc) is 2.68. The summed E-state index contributed by atoms with van der Waals surface area (Å²) in [7, 11) is -3.74. The third-order valence-electron chi connectivity index (χ3n) is 4.63. The Hall–Kier alpha value is -2.58. The molecular weight excluding hydrogens is 450 g/mol. The summed E-state index contributed by atoms with van der Waals surface area (Å²) < 4.78 is 25.9. The molecule has 2 amide bonds. The normalized spacial score (nSPS) is 12.7. The summed E-state index contributed by atoms with van der Waals surface area (Å²) >= 11 is 6.09. The summed E-state index contributed by atoms with van der Waals surface area (Å²) in [6.45, 7) is 6.84. The van der Waals surface area contributed by atoms with Crippen molar-refractivity contribution in [3.8, 4) is 0 Å². The first-order valence-corrected chi connectivity index (χ1v) is 12.4. The molecule has 0 aliphatic rings. The molecule has 0 fully saturated rings. The number of anilines is 1. The lowest BCUT2D eigenvalue weighted by molar-refractivity contribution is -0.140. The van der Waals surface area contributed by atoms with E-state index in [1.54, 1.807) is 61.5 Å². The van der Waals surface area contributed by atoms with Crippen LogP contribution < -0.4 is 9.62 Å². The summed E-state index contributed by atoms with van der Waals surface area (Å²) in [5.41, 5.74) is 0.614. The Morgan fingerprint density at radius 2 is 1.69 bits per heavy atom. The summed E-state index contributed by atoms with van der Waals surface area (Å²) in [6, 6.07) is 14.5. The Morgan fingerprint density at radius 3 is 2.22 bits per heavy atom. The molecule has 2 aromatic rings. The highest BCUT2D eigenvalue weighted by Crippen LogP contribution is 2.19. The van der Waals surface area contributed by atoms with Crippen molar-refractivity contribution in [1.29, 1.82) is 0 Å². The van der Waals surface area contributed by atoms with E-state index in [9.17, 15) is 18.0 Å². The number of carbonyl (C=O) groups excluding carboxylic acids is 2. The standard InChI is InChI=1S/C23H30ClN3O4S/c1-17(22(29)25-23(2,3)4)26(15-18-10-9-11-19(24)14-18)21(28)16-27(32(5,30)31)20-12-7-6-8-13-20/h6-14,17H,15-16H2,1-5H3,(H,25,29)/t17-/m1/s1. The number of nitrogens with one attached hydrogen (secondary N) is 1. The average molecular weight is 480 g/mol. The van der Waals surface area contributed by atoms with E-state index in [1.807, 2.05) is 20.8 Å². The number of nitrogens with zero attached hydrogens (tertiary/aromatic N) is 2. The van der Waals surface area contributed by atoms with Crippen LogP contribution in [0.4, 0.5) is 5.69 Å². The first kappa shape index (κ1) is 25.7. The number of hydrogen-bond acceptors (Lipinski definition) is 4. The number of amides is 2.